The number of nitrogens with zero attached hydrogens (tertiary/aromatic N) is 4. The van der Waals surface area contributed by atoms with Crippen molar-refractivity contribution in [1.82, 2.24) is 24.6 Å². The first-order chi connectivity index (χ1) is 18.2. The third-order valence-corrected chi connectivity index (χ3v) is 7.40. The van der Waals surface area contributed by atoms with Gasteiger partial charge < -0.3 is 15.0 Å². The summed E-state index contributed by atoms with van der Waals surface area (Å²) in [5.74, 6) is -0.767. The number of halogens is 1. The van der Waals surface area contributed by atoms with E-state index < -0.39 is 11.9 Å². The molecular formula is C27H22ClN5O4S. The first-order valence-electron chi connectivity index (χ1n) is 11.6. The van der Waals surface area contributed by atoms with Gasteiger partial charge in [-0.25, -0.2) is 0 Å². The van der Waals surface area contributed by atoms with Crippen molar-refractivity contribution in [2.45, 2.75) is 26.9 Å². The smallest absolute Gasteiger partial charge is 0.323 e. The van der Waals surface area contributed by atoms with Gasteiger partial charge in [0.05, 0.1) is 17.1 Å². The zero-order chi connectivity index (χ0) is 27.0. The molecule has 0 atom stereocenters. The molecule has 5 aromatic rings. The third-order valence-electron chi connectivity index (χ3n) is 6.04. The standard InChI is InChI=1S/C27H22ClN5O4S/c1-15-11-19(25(36)18-8-4-5-9-20(18)28)27(38-15)33-16(2)30-31-23(33)13-29-26(37)22-12-17-7-3-6-10-21(17)32(22)14-24(34)35/h3-12H,13-14H2,1-2H3,(H,29,37)(H,34,35). The summed E-state index contributed by atoms with van der Waals surface area (Å²) in [6.45, 7) is 3.32. The molecule has 0 saturated heterocycles. The lowest BCUT2D eigenvalue weighted by molar-refractivity contribution is -0.137. The summed E-state index contributed by atoms with van der Waals surface area (Å²) in [4.78, 5) is 39.0. The monoisotopic (exact) mass is 547 g/mol. The Bertz CT molecular complexity index is 1720. The van der Waals surface area contributed by atoms with Gasteiger partial charge in [-0.1, -0.05) is 41.9 Å². The van der Waals surface area contributed by atoms with Crippen molar-refractivity contribution in [3.8, 4) is 5.00 Å². The number of ketones is 1. The van der Waals surface area contributed by atoms with Crippen LogP contribution in [0.1, 0.15) is 42.9 Å². The van der Waals surface area contributed by atoms with Gasteiger partial charge in [0.2, 0.25) is 0 Å². The molecule has 1 amide bonds. The molecule has 3 heterocycles. The number of carboxylic acid groups (broad SMARTS) is 1. The molecule has 5 rings (SSSR count). The van der Waals surface area contributed by atoms with E-state index >= 15 is 0 Å². The van der Waals surface area contributed by atoms with Crippen LogP contribution in [0.2, 0.25) is 5.02 Å². The van der Waals surface area contributed by atoms with Crippen molar-refractivity contribution < 1.29 is 19.5 Å². The molecule has 0 aliphatic heterocycles. The maximum atomic E-state index is 13.4. The highest BCUT2D eigenvalue weighted by Crippen LogP contribution is 2.31. The average Bonchev–Trinajstić information content (AvgIpc) is 3.57. The fourth-order valence-electron chi connectivity index (χ4n) is 4.36. The quantitative estimate of drug-likeness (QED) is 0.269. The van der Waals surface area contributed by atoms with Crippen LogP contribution < -0.4 is 5.32 Å². The second-order valence-corrected chi connectivity index (χ2v) is 10.3. The lowest BCUT2D eigenvalue weighted by atomic mass is 10.0. The Morgan fingerprint density at radius 1 is 1.00 bits per heavy atom. The molecule has 2 aromatic carbocycles. The fraction of sp³-hybridized carbons (Fsp3) is 0.148. The van der Waals surface area contributed by atoms with Crippen molar-refractivity contribution in [2.24, 2.45) is 0 Å². The largest absolute Gasteiger partial charge is 0.480 e. The molecule has 0 saturated carbocycles. The number of carbonyl (C=O) groups is 3. The average molecular weight is 548 g/mol. The minimum Gasteiger partial charge on any atom is -0.480 e. The fourth-order valence-corrected chi connectivity index (χ4v) is 5.65. The van der Waals surface area contributed by atoms with E-state index in [0.717, 1.165) is 10.3 Å². The van der Waals surface area contributed by atoms with Crippen LogP contribution in [0.5, 0.6) is 0 Å². The van der Waals surface area contributed by atoms with Crippen LogP contribution in [-0.4, -0.2) is 42.1 Å². The number of carbonyl (C=O) groups excluding carboxylic acids is 2. The molecule has 9 nitrogen and oxygen atoms in total. The first kappa shape index (κ1) is 25.4. The number of para-hydroxylation sites is 1. The molecule has 0 aliphatic rings. The Balaban J connectivity index is 1.46. The number of hydrogen-bond donors (Lipinski definition) is 2. The van der Waals surface area contributed by atoms with E-state index in [1.165, 1.54) is 15.9 Å². The Morgan fingerprint density at radius 3 is 2.50 bits per heavy atom. The SMILES string of the molecule is Cc1cc(C(=O)c2ccccc2Cl)c(-n2c(C)nnc2CNC(=O)c2cc3ccccc3n2CC(=O)O)s1. The Hall–Kier alpha value is -4.28. The Morgan fingerprint density at radius 2 is 1.74 bits per heavy atom. The number of fused-ring (bicyclic) bond motifs is 1. The van der Waals surface area contributed by atoms with Crippen LogP contribution >= 0.6 is 22.9 Å². The van der Waals surface area contributed by atoms with Crippen molar-refractivity contribution in [2.75, 3.05) is 0 Å². The number of nitrogens with one attached hydrogen (secondary N) is 1. The van der Waals surface area contributed by atoms with Gasteiger partial charge in [-0.2, -0.15) is 0 Å². The molecule has 0 aliphatic carbocycles. The highest BCUT2D eigenvalue weighted by molar-refractivity contribution is 7.15. The van der Waals surface area contributed by atoms with Crippen LogP contribution in [0.3, 0.4) is 0 Å². The number of hydrogen-bond acceptors (Lipinski definition) is 6. The lowest BCUT2D eigenvalue weighted by Crippen LogP contribution is -2.28. The first-order valence-corrected chi connectivity index (χ1v) is 12.8. The van der Waals surface area contributed by atoms with E-state index in [4.69, 9.17) is 11.6 Å². The molecule has 192 valence electrons. The van der Waals surface area contributed by atoms with Crippen LogP contribution in [0.25, 0.3) is 15.9 Å². The van der Waals surface area contributed by atoms with E-state index in [0.29, 0.717) is 38.3 Å². The number of aliphatic carboxylic acids is 1. The molecule has 2 N–H and O–H groups in total. The highest BCUT2D eigenvalue weighted by atomic mass is 35.5. The van der Waals surface area contributed by atoms with Gasteiger partial charge in [0.25, 0.3) is 5.91 Å². The number of thiophene rings is 1. The van der Waals surface area contributed by atoms with Gasteiger partial charge in [-0.15, -0.1) is 21.5 Å². The molecule has 0 spiro atoms. The van der Waals surface area contributed by atoms with Crippen LogP contribution in [0.4, 0.5) is 0 Å². The predicted octanol–water partition coefficient (Wildman–Crippen LogP) is 4.80. The molecule has 11 heteroatoms. The molecular weight excluding hydrogens is 526 g/mol. The summed E-state index contributed by atoms with van der Waals surface area (Å²) in [5.41, 5.74) is 1.71. The van der Waals surface area contributed by atoms with E-state index in [1.807, 2.05) is 19.1 Å². The van der Waals surface area contributed by atoms with Crippen molar-refractivity contribution in [3.63, 3.8) is 0 Å². The molecule has 3 aromatic heterocycles. The minimum atomic E-state index is -1.06. The van der Waals surface area contributed by atoms with Crippen molar-refractivity contribution >= 4 is 51.5 Å². The summed E-state index contributed by atoms with van der Waals surface area (Å²) >= 11 is 7.71. The van der Waals surface area contributed by atoms with Gasteiger partial charge in [0.15, 0.2) is 11.6 Å². The molecule has 0 radical (unpaired) electrons. The summed E-state index contributed by atoms with van der Waals surface area (Å²) in [7, 11) is 0. The van der Waals surface area contributed by atoms with Gasteiger partial charge in [0, 0.05) is 21.3 Å². The molecule has 0 unspecified atom stereocenters. The van der Waals surface area contributed by atoms with Crippen LogP contribution in [0.15, 0.2) is 60.7 Å². The van der Waals surface area contributed by atoms with Gasteiger partial charge in [-0.3, -0.25) is 19.0 Å². The maximum Gasteiger partial charge on any atom is 0.323 e. The number of amides is 1. The van der Waals surface area contributed by atoms with Crippen molar-refractivity contribution in [3.05, 3.63) is 99.0 Å². The topological polar surface area (TPSA) is 119 Å². The predicted molar refractivity (Wildman–Crippen MR) is 144 cm³/mol. The van der Waals surface area contributed by atoms with Crippen LogP contribution in [0, 0.1) is 13.8 Å². The van der Waals surface area contributed by atoms with E-state index in [9.17, 15) is 19.5 Å². The second-order valence-electron chi connectivity index (χ2n) is 8.63. The maximum absolute atomic E-state index is 13.4. The normalized spacial score (nSPS) is 11.1. The lowest BCUT2D eigenvalue weighted by Gasteiger charge is -2.11. The summed E-state index contributed by atoms with van der Waals surface area (Å²) in [5, 5.41) is 22.4. The Labute approximate surface area is 226 Å². The number of aryl methyl sites for hydroxylation is 2. The summed E-state index contributed by atoms with van der Waals surface area (Å²) in [6, 6.07) is 17.5. The van der Waals surface area contributed by atoms with Gasteiger partial charge in [0.1, 0.15) is 23.1 Å². The molecule has 0 bridgehead atoms. The molecule has 0 fully saturated rings. The number of rotatable bonds is 8. The zero-order valence-electron chi connectivity index (χ0n) is 20.4. The van der Waals surface area contributed by atoms with E-state index in [1.54, 1.807) is 60.0 Å². The summed E-state index contributed by atoms with van der Waals surface area (Å²) < 4.78 is 3.21. The summed E-state index contributed by atoms with van der Waals surface area (Å²) in [6.07, 6.45) is 0. The number of carboxylic acids is 1. The van der Waals surface area contributed by atoms with Gasteiger partial charge in [-0.05, 0) is 44.2 Å². The molecule has 38 heavy (non-hydrogen) atoms. The van der Waals surface area contributed by atoms with Crippen LogP contribution in [-0.2, 0) is 17.9 Å². The Kier molecular flexibility index (Phi) is 6.83. The number of aromatic nitrogens is 4. The third kappa shape index (κ3) is 4.71. The highest BCUT2D eigenvalue weighted by Gasteiger charge is 2.24. The van der Waals surface area contributed by atoms with E-state index in [-0.39, 0.29) is 24.6 Å². The van der Waals surface area contributed by atoms with E-state index in [2.05, 4.69) is 15.5 Å². The van der Waals surface area contributed by atoms with Gasteiger partial charge >= 0.3 is 5.97 Å². The van der Waals surface area contributed by atoms with Crippen molar-refractivity contribution in [1.29, 1.82) is 0 Å². The zero-order valence-corrected chi connectivity index (χ0v) is 22.0. The second kappa shape index (κ2) is 10.2. The minimum absolute atomic E-state index is 0.00490. The number of benzene rings is 2.